The number of esters is 1. The summed E-state index contributed by atoms with van der Waals surface area (Å²) in [5.41, 5.74) is 0.941. The number of benzene rings is 2. The Morgan fingerprint density at radius 2 is 1.80 bits per heavy atom. The van der Waals surface area contributed by atoms with Crippen LogP contribution in [0.15, 0.2) is 48.5 Å². The number of hydrogen-bond acceptors (Lipinski definition) is 6. The van der Waals surface area contributed by atoms with Gasteiger partial charge >= 0.3 is 5.97 Å². The molecule has 8 heteroatoms. The second kappa shape index (κ2) is 8.08. The minimum atomic E-state index is -0.507. The number of imide groups is 1. The fourth-order valence-electron chi connectivity index (χ4n) is 3.37. The molecule has 3 aromatic rings. The van der Waals surface area contributed by atoms with E-state index in [-0.39, 0.29) is 36.8 Å². The van der Waals surface area contributed by atoms with Gasteiger partial charge in [0.2, 0.25) is 11.8 Å². The zero-order valence-corrected chi connectivity index (χ0v) is 17.0. The van der Waals surface area contributed by atoms with E-state index in [4.69, 9.17) is 4.74 Å². The summed E-state index contributed by atoms with van der Waals surface area (Å²) in [5.74, 6) is -1.53. The summed E-state index contributed by atoms with van der Waals surface area (Å²) in [6.07, 6.45) is 0.333. The first-order chi connectivity index (χ1) is 14.5. The van der Waals surface area contributed by atoms with Gasteiger partial charge in [0.1, 0.15) is 10.6 Å². The lowest BCUT2D eigenvalue weighted by Crippen LogP contribution is -2.28. The second-order valence-electron chi connectivity index (χ2n) is 6.65. The van der Waals surface area contributed by atoms with Crippen molar-refractivity contribution in [3.05, 3.63) is 59.7 Å². The van der Waals surface area contributed by atoms with Crippen LogP contribution in [0, 0.1) is 0 Å². The molecule has 1 saturated heterocycles. The predicted octanol–water partition coefficient (Wildman–Crippen LogP) is 3.98. The molecule has 1 N–H and O–H groups in total. The molecule has 1 aromatic heterocycles. The highest BCUT2D eigenvalue weighted by Gasteiger charge is 2.30. The number of nitrogens with zero attached hydrogens (tertiary/aromatic N) is 1. The quantitative estimate of drug-likeness (QED) is 0.496. The molecule has 2 heterocycles. The van der Waals surface area contributed by atoms with Crippen molar-refractivity contribution in [3.8, 4) is 0 Å². The van der Waals surface area contributed by atoms with Crippen molar-refractivity contribution in [2.75, 3.05) is 16.8 Å². The Morgan fingerprint density at radius 3 is 2.53 bits per heavy atom. The summed E-state index contributed by atoms with van der Waals surface area (Å²) < 4.78 is 6.01. The number of carbonyl (C=O) groups excluding carboxylic acids is 4. The van der Waals surface area contributed by atoms with Crippen molar-refractivity contribution in [2.24, 2.45) is 0 Å². The number of rotatable bonds is 5. The molecule has 1 fully saturated rings. The van der Waals surface area contributed by atoms with Crippen LogP contribution in [0.1, 0.15) is 40.5 Å². The number of thiophene rings is 1. The lowest BCUT2D eigenvalue weighted by molar-refractivity contribution is -0.121. The molecule has 0 saturated carbocycles. The maximum absolute atomic E-state index is 12.9. The number of hydrogen-bond donors (Lipinski definition) is 1. The molecule has 0 bridgehead atoms. The minimum absolute atomic E-state index is 0.167. The zero-order chi connectivity index (χ0) is 21.3. The van der Waals surface area contributed by atoms with Crippen LogP contribution in [0.2, 0.25) is 0 Å². The highest BCUT2D eigenvalue weighted by molar-refractivity contribution is 7.23. The maximum Gasteiger partial charge on any atom is 0.341 e. The van der Waals surface area contributed by atoms with E-state index in [1.807, 2.05) is 18.2 Å². The van der Waals surface area contributed by atoms with Crippen LogP contribution < -0.4 is 10.2 Å². The van der Waals surface area contributed by atoms with Crippen LogP contribution in [0.25, 0.3) is 10.1 Å². The van der Waals surface area contributed by atoms with Gasteiger partial charge in [-0.15, -0.1) is 11.3 Å². The monoisotopic (exact) mass is 422 g/mol. The molecule has 0 aliphatic carbocycles. The van der Waals surface area contributed by atoms with Gasteiger partial charge in [-0.2, -0.15) is 0 Å². The van der Waals surface area contributed by atoms with Gasteiger partial charge in [-0.1, -0.05) is 24.3 Å². The van der Waals surface area contributed by atoms with Crippen LogP contribution in [0.4, 0.5) is 10.7 Å². The minimum Gasteiger partial charge on any atom is -0.462 e. The van der Waals surface area contributed by atoms with Crippen LogP contribution in [0.3, 0.4) is 0 Å². The lowest BCUT2D eigenvalue weighted by Gasteiger charge is -2.14. The molecule has 1 aliphatic heterocycles. The third kappa shape index (κ3) is 3.57. The van der Waals surface area contributed by atoms with Gasteiger partial charge in [-0.25, -0.2) is 4.79 Å². The number of amides is 3. The maximum atomic E-state index is 12.9. The first kappa shape index (κ1) is 19.8. The molecule has 152 valence electrons. The molecule has 0 radical (unpaired) electrons. The average molecular weight is 422 g/mol. The second-order valence-corrected chi connectivity index (χ2v) is 7.70. The van der Waals surface area contributed by atoms with Crippen LogP contribution >= 0.6 is 11.3 Å². The molecule has 7 nitrogen and oxygen atoms in total. The number of carbonyl (C=O) groups is 4. The predicted molar refractivity (Wildman–Crippen MR) is 114 cm³/mol. The Morgan fingerprint density at radius 1 is 1.07 bits per heavy atom. The Kier molecular flexibility index (Phi) is 5.33. The summed E-state index contributed by atoms with van der Waals surface area (Å²) in [5, 5.41) is 3.88. The normalized spacial score (nSPS) is 13.7. The molecule has 1 aliphatic rings. The number of ether oxygens (including phenoxy) is 1. The summed E-state index contributed by atoms with van der Waals surface area (Å²) >= 11 is 1.28. The fourth-order valence-corrected chi connectivity index (χ4v) is 4.45. The van der Waals surface area contributed by atoms with Gasteiger partial charge in [0.25, 0.3) is 5.91 Å². The first-order valence-corrected chi connectivity index (χ1v) is 10.3. The smallest absolute Gasteiger partial charge is 0.341 e. The van der Waals surface area contributed by atoms with Gasteiger partial charge in [0.15, 0.2) is 0 Å². The Bertz CT molecular complexity index is 1170. The molecule has 3 amide bonds. The van der Waals surface area contributed by atoms with Gasteiger partial charge in [-0.3, -0.25) is 19.3 Å². The zero-order valence-electron chi connectivity index (χ0n) is 16.1. The Balaban J connectivity index is 1.66. The van der Waals surface area contributed by atoms with E-state index in [1.165, 1.54) is 17.4 Å². The first-order valence-electron chi connectivity index (χ1n) is 9.45. The lowest BCUT2D eigenvalue weighted by atomic mass is 10.1. The number of nitrogens with one attached hydrogen (secondary N) is 1. The molecule has 0 spiro atoms. The van der Waals surface area contributed by atoms with Gasteiger partial charge in [0.05, 0.1) is 12.3 Å². The Labute approximate surface area is 176 Å². The summed E-state index contributed by atoms with van der Waals surface area (Å²) in [7, 11) is 0. The molecule has 4 rings (SSSR count). The molecule has 0 atom stereocenters. The van der Waals surface area contributed by atoms with Crippen LogP contribution in [-0.4, -0.2) is 30.3 Å². The standard InChI is InChI=1S/C22H18N2O5S/c1-2-29-22(28)19-15-8-3-4-9-16(15)30-21(19)23-20(27)13-6-5-7-14(12-13)24-17(25)10-11-18(24)26/h3-9,12H,2,10-11H2,1H3,(H,23,27). The largest absolute Gasteiger partial charge is 0.462 e. The SMILES string of the molecule is CCOC(=O)c1c(NC(=O)c2cccc(N3C(=O)CCC3=O)c2)sc2ccccc12. The third-order valence-electron chi connectivity index (χ3n) is 4.72. The molecular weight excluding hydrogens is 404 g/mol. The van der Waals surface area contributed by atoms with E-state index in [1.54, 1.807) is 31.2 Å². The summed E-state index contributed by atoms with van der Waals surface area (Å²) in [4.78, 5) is 50.5. The highest BCUT2D eigenvalue weighted by Crippen LogP contribution is 2.36. The van der Waals surface area contributed by atoms with Gasteiger partial charge < -0.3 is 10.1 Å². The van der Waals surface area contributed by atoms with E-state index in [0.717, 1.165) is 9.60 Å². The van der Waals surface area contributed by atoms with Gasteiger partial charge in [-0.05, 0) is 31.2 Å². The summed E-state index contributed by atoms with van der Waals surface area (Å²) in [6, 6.07) is 13.6. The number of anilines is 2. The molecule has 30 heavy (non-hydrogen) atoms. The topological polar surface area (TPSA) is 92.8 Å². The van der Waals surface area contributed by atoms with Crippen molar-refractivity contribution < 1.29 is 23.9 Å². The van der Waals surface area contributed by atoms with Crippen LogP contribution in [0.5, 0.6) is 0 Å². The van der Waals surface area contributed by atoms with Crippen molar-refractivity contribution in [1.29, 1.82) is 0 Å². The van der Waals surface area contributed by atoms with Crippen molar-refractivity contribution >= 4 is 55.8 Å². The van der Waals surface area contributed by atoms with E-state index in [2.05, 4.69) is 5.32 Å². The summed E-state index contributed by atoms with van der Waals surface area (Å²) in [6.45, 7) is 1.94. The van der Waals surface area contributed by atoms with Crippen molar-refractivity contribution in [2.45, 2.75) is 19.8 Å². The van der Waals surface area contributed by atoms with E-state index >= 15 is 0 Å². The van der Waals surface area contributed by atoms with E-state index in [9.17, 15) is 19.2 Å². The van der Waals surface area contributed by atoms with Crippen molar-refractivity contribution in [1.82, 2.24) is 0 Å². The van der Waals surface area contributed by atoms with Crippen LogP contribution in [-0.2, 0) is 14.3 Å². The fraction of sp³-hybridized carbons (Fsp3) is 0.182. The van der Waals surface area contributed by atoms with Crippen molar-refractivity contribution in [3.63, 3.8) is 0 Å². The molecule has 2 aromatic carbocycles. The average Bonchev–Trinajstić information content (AvgIpc) is 3.27. The highest BCUT2D eigenvalue weighted by atomic mass is 32.1. The van der Waals surface area contributed by atoms with Gasteiger partial charge in [0, 0.05) is 28.5 Å². The third-order valence-corrected chi connectivity index (χ3v) is 5.81. The van der Waals surface area contributed by atoms with E-state index in [0.29, 0.717) is 21.6 Å². The number of fused-ring (bicyclic) bond motifs is 1. The molecular formula is C22H18N2O5S. The van der Waals surface area contributed by atoms with E-state index < -0.39 is 11.9 Å². The molecule has 0 unspecified atom stereocenters. The Hall–Kier alpha value is -3.52.